The summed E-state index contributed by atoms with van der Waals surface area (Å²) < 4.78 is 3.70. The van der Waals surface area contributed by atoms with Crippen LogP contribution in [0.25, 0.3) is 20.2 Å². The van der Waals surface area contributed by atoms with Crippen molar-refractivity contribution in [3.8, 4) is 0 Å². The number of halogens is 1. The number of fused-ring (bicyclic) bond motifs is 3. The molecular formula is C12H6BBrS. The summed E-state index contributed by atoms with van der Waals surface area (Å²) in [5, 5.41) is 2.52. The van der Waals surface area contributed by atoms with E-state index in [0.29, 0.717) is 0 Å². The van der Waals surface area contributed by atoms with Crippen molar-refractivity contribution in [2.45, 2.75) is 0 Å². The first-order chi connectivity index (χ1) is 7.24. The third-order valence-corrected chi connectivity index (χ3v) is 4.10. The van der Waals surface area contributed by atoms with Crippen molar-refractivity contribution in [1.82, 2.24) is 0 Å². The summed E-state index contributed by atoms with van der Waals surface area (Å²) in [5.41, 5.74) is 0.821. The van der Waals surface area contributed by atoms with Crippen LogP contribution in [-0.2, 0) is 0 Å². The predicted molar refractivity (Wildman–Crippen MR) is 72.4 cm³/mol. The van der Waals surface area contributed by atoms with Crippen LogP contribution in [0.3, 0.4) is 0 Å². The lowest BCUT2D eigenvalue weighted by atomic mass is 9.95. The summed E-state index contributed by atoms with van der Waals surface area (Å²) in [6, 6.07) is 12.4. The largest absolute Gasteiger partial charge is 0.135 e. The van der Waals surface area contributed by atoms with E-state index in [1.165, 1.54) is 20.2 Å². The van der Waals surface area contributed by atoms with E-state index in [0.717, 1.165) is 9.94 Å². The number of hydrogen-bond donors (Lipinski definition) is 0. The van der Waals surface area contributed by atoms with E-state index in [1.54, 1.807) is 11.3 Å². The third kappa shape index (κ3) is 1.50. The molecule has 3 rings (SSSR count). The Balaban J connectivity index is 2.55. The van der Waals surface area contributed by atoms with Gasteiger partial charge in [0.2, 0.25) is 0 Å². The first-order valence-electron chi connectivity index (χ1n) is 4.61. The van der Waals surface area contributed by atoms with Crippen LogP contribution in [0.1, 0.15) is 0 Å². The van der Waals surface area contributed by atoms with Crippen molar-refractivity contribution in [2.24, 2.45) is 0 Å². The van der Waals surface area contributed by atoms with E-state index in [4.69, 9.17) is 7.85 Å². The Morgan fingerprint density at radius 3 is 2.40 bits per heavy atom. The zero-order valence-corrected chi connectivity index (χ0v) is 10.2. The summed E-state index contributed by atoms with van der Waals surface area (Å²) in [6.07, 6.45) is 0. The predicted octanol–water partition coefficient (Wildman–Crippen LogP) is 3.61. The molecule has 0 bridgehead atoms. The molecule has 0 N–H and O–H groups in total. The normalized spacial score (nSPS) is 11.3. The molecule has 3 aromatic rings. The maximum absolute atomic E-state index is 5.81. The second-order valence-corrected chi connectivity index (χ2v) is 5.50. The van der Waals surface area contributed by atoms with Crippen molar-refractivity contribution in [2.75, 3.05) is 0 Å². The standard InChI is InChI=1S/C12H6BBrS/c13-7-1-3-11-9(5-7)10-6-8(14)2-4-12(10)15-11/h1-6H. The van der Waals surface area contributed by atoms with Crippen LogP contribution in [0.2, 0.25) is 0 Å². The van der Waals surface area contributed by atoms with Crippen molar-refractivity contribution in [3.05, 3.63) is 40.9 Å². The maximum Gasteiger partial charge on any atom is 0.113 e. The minimum absolute atomic E-state index is 0.821. The molecule has 0 aliphatic rings. The zero-order valence-electron chi connectivity index (χ0n) is 7.83. The van der Waals surface area contributed by atoms with E-state index >= 15 is 0 Å². The fourth-order valence-electron chi connectivity index (χ4n) is 1.77. The van der Waals surface area contributed by atoms with Crippen LogP contribution < -0.4 is 5.46 Å². The quantitative estimate of drug-likeness (QED) is 0.549. The number of benzene rings is 2. The molecule has 0 saturated carbocycles. The molecule has 0 aliphatic heterocycles. The van der Waals surface area contributed by atoms with Crippen molar-refractivity contribution in [1.29, 1.82) is 0 Å². The van der Waals surface area contributed by atoms with Gasteiger partial charge in [-0.25, -0.2) is 0 Å². The van der Waals surface area contributed by atoms with E-state index in [2.05, 4.69) is 40.2 Å². The first-order valence-corrected chi connectivity index (χ1v) is 6.22. The molecule has 0 saturated heterocycles. The van der Waals surface area contributed by atoms with Gasteiger partial charge in [-0.1, -0.05) is 33.5 Å². The summed E-state index contributed by atoms with van der Waals surface area (Å²) in [5.74, 6) is 0. The van der Waals surface area contributed by atoms with E-state index in [9.17, 15) is 0 Å². The van der Waals surface area contributed by atoms with Crippen LogP contribution in [-0.4, -0.2) is 7.85 Å². The summed E-state index contributed by atoms with van der Waals surface area (Å²) in [6.45, 7) is 0. The molecule has 15 heavy (non-hydrogen) atoms. The highest BCUT2D eigenvalue weighted by atomic mass is 79.9. The van der Waals surface area contributed by atoms with E-state index < -0.39 is 0 Å². The van der Waals surface area contributed by atoms with E-state index in [-0.39, 0.29) is 0 Å². The average molecular weight is 273 g/mol. The molecule has 0 atom stereocenters. The zero-order chi connectivity index (χ0) is 10.4. The van der Waals surface area contributed by atoms with Crippen molar-refractivity contribution in [3.63, 3.8) is 0 Å². The number of rotatable bonds is 0. The van der Waals surface area contributed by atoms with Crippen molar-refractivity contribution < 1.29 is 0 Å². The van der Waals surface area contributed by atoms with Crippen LogP contribution in [0.5, 0.6) is 0 Å². The van der Waals surface area contributed by atoms with Gasteiger partial charge >= 0.3 is 0 Å². The Labute approximate surface area is 101 Å². The fraction of sp³-hybridized carbons (Fsp3) is 0. The average Bonchev–Trinajstić information content (AvgIpc) is 2.56. The van der Waals surface area contributed by atoms with Crippen LogP contribution in [0.15, 0.2) is 40.9 Å². The lowest BCUT2D eigenvalue weighted by Crippen LogP contribution is -1.98. The Morgan fingerprint density at radius 1 is 0.933 bits per heavy atom. The Hall–Kier alpha value is -0.795. The van der Waals surface area contributed by atoms with E-state index in [1.807, 2.05) is 12.1 Å². The molecule has 3 heteroatoms. The molecule has 0 fully saturated rings. The second kappa shape index (κ2) is 3.36. The smallest absolute Gasteiger partial charge is 0.113 e. The summed E-state index contributed by atoms with van der Waals surface area (Å²) in [7, 11) is 5.81. The van der Waals surface area contributed by atoms with Gasteiger partial charge in [0, 0.05) is 19.3 Å². The van der Waals surface area contributed by atoms with Crippen LogP contribution >= 0.6 is 27.3 Å². The van der Waals surface area contributed by atoms with Gasteiger partial charge in [0.25, 0.3) is 0 Å². The molecule has 1 aromatic heterocycles. The lowest BCUT2D eigenvalue weighted by Gasteiger charge is -1.94. The van der Waals surface area contributed by atoms with Gasteiger partial charge in [-0.15, -0.1) is 11.3 Å². The first kappa shape index (κ1) is 9.43. The minimum Gasteiger partial charge on any atom is -0.135 e. The van der Waals surface area contributed by atoms with Gasteiger partial charge in [-0.3, -0.25) is 0 Å². The molecule has 0 unspecified atom stereocenters. The molecular weight excluding hydrogens is 267 g/mol. The van der Waals surface area contributed by atoms with Crippen LogP contribution in [0, 0.1) is 0 Å². The van der Waals surface area contributed by atoms with Crippen molar-refractivity contribution >= 4 is 60.7 Å². The lowest BCUT2D eigenvalue weighted by molar-refractivity contribution is 1.77. The Kier molecular flexibility index (Phi) is 2.11. The topological polar surface area (TPSA) is 0 Å². The third-order valence-electron chi connectivity index (χ3n) is 2.46. The summed E-state index contributed by atoms with van der Waals surface area (Å²) >= 11 is 5.30. The highest BCUT2D eigenvalue weighted by molar-refractivity contribution is 9.10. The number of thiophene rings is 1. The molecule has 2 radical (unpaired) electrons. The molecule has 1 heterocycles. The minimum atomic E-state index is 0.821. The second-order valence-electron chi connectivity index (χ2n) is 3.50. The highest BCUT2D eigenvalue weighted by Crippen LogP contribution is 2.34. The highest BCUT2D eigenvalue weighted by Gasteiger charge is 2.04. The maximum atomic E-state index is 5.81. The summed E-state index contributed by atoms with van der Waals surface area (Å²) in [4.78, 5) is 0. The molecule has 0 nitrogen and oxygen atoms in total. The SMILES string of the molecule is [B]c1ccc2sc3ccc(Br)cc3c2c1. The molecule has 0 spiro atoms. The van der Waals surface area contributed by atoms with Gasteiger partial charge in [-0.2, -0.15) is 0 Å². The van der Waals surface area contributed by atoms with Crippen LogP contribution in [0.4, 0.5) is 0 Å². The van der Waals surface area contributed by atoms with Gasteiger partial charge in [0.15, 0.2) is 0 Å². The molecule has 2 aromatic carbocycles. The molecule has 0 aliphatic carbocycles. The monoisotopic (exact) mass is 272 g/mol. The van der Waals surface area contributed by atoms with Gasteiger partial charge in [0.1, 0.15) is 7.85 Å². The molecule has 0 amide bonds. The molecule has 70 valence electrons. The van der Waals surface area contributed by atoms with Gasteiger partial charge in [0.05, 0.1) is 0 Å². The fourth-order valence-corrected chi connectivity index (χ4v) is 3.20. The number of hydrogen-bond acceptors (Lipinski definition) is 1. The Bertz CT molecular complexity index is 601. The van der Waals surface area contributed by atoms with Gasteiger partial charge in [-0.05, 0) is 29.7 Å². The van der Waals surface area contributed by atoms with Gasteiger partial charge < -0.3 is 0 Å². The Morgan fingerprint density at radius 2 is 1.60 bits per heavy atom.